The fourth-order valence-electron chi connectivity index (χ4n) is 3.34. The zero-order valence-corrected chi connectivity index (χ0v) is 16.2. The van der Waals surface area contributed by atoms with Gasteiger partial charge in [0.2, 0.25) is 5.43 Å². The van der Waals surface area contributed by atoms with Gasteiger partial charge in [0.05, 0.1) is 16.8 Å². The Morgan fingerprint density at radius 1 is 1.14 bits per heavy atom. The number of halogens is 1. The highest BCUT2D eigenvalue weighted by atomic mass is 35.5. The summed E-state index contributed by atoms with van der Waals surface area (Å²) in [7, 11) is 0. The summed E-state index contributed by atoms with van der Waals surface area (Å²) in [5.74, 6) is -0.0749. The van der Waals surface area contributed by atoms with E-state index in [9.17, 15) is 9.59 Å². The van der Waals surface area contributed by atoms with Crippen molar-refractivity contribution in [3.8, 4) is 5.69 Å². The zero-order chi connectivity index (χ0) is 19.7. The molecule has 1 unspecified atom stereocenters. The first kappa shape index (κ1) is 18.4. The van der Waals surface area contributed by atoms with Crippen LogP contribution in [0.1, 0.15) is 40.6 Å². The van der Waals surface area contributed by atoms with Crippen LogP contribution < -0.4 is 10.7 Å². The van der Waals surface area contributed by atoms with Gasteiger partial charge in [0.1, 0.15) is 0 Å². The average molecular weight is 394 g/mol. The van der Waals surface area contributed by atoms with Gasteiger partial charge in [-0.25, -0.2) is 4.68 Å². The van der Waals surface area contributed by atoms with E-state index in [1.54, 1.807) is 19.1 Å². The summed E-state index contributed by atoms with van der Waals surface area (Å²) in [6.45, 7) is 1.76. The van der Waals surface area contributed by atoms with Crippen LogP contribution in [-0.4, -0.2) is 15.7 Å². The fourth-order valence-corrected chi connectivity index (χ4v) is 3.56. The SMILES string of the molecule is Cc1cc(=O)c(C(=O)NC(c2ccccc2)C2CC2)nn1-c1ccccc1Cl. The van der Waals surface area contributed by atoms with Crippen LogP contribution in [-0.2, 0) is 0 Å². The topological polar surface area (TPSA) is 64.0 Å². The van der Waals surface area contributed by atoms with Crippen molar-refractivity contribution in [3.63, 3.8) is 0 Å². The van der Waals surface area contributed by atoms with Gasteiger partial charge in [0.15, 0.2) is 5.69 Å². The molecule has 1 aliphatic rings. The van der Waals surface area contributed by atoms with Crippen molar-refractivity contribution in [1.29, 1.82) is 0 Å². The Morgan fingerprint density at radius 3 is 2.50 bits per heavy atom. The molecule has 2 aromatic carbocycles. The molecular weight excluding hydrogens is 374 g/mol. The highest BCUT2D eigenvalue weighted by Crippen LogP contribution is 2.41. The number of carbonyl (C=O) groups excluding carboxylic acids is 1. The van der Waals surface area contributed by atoms with E-state index < -0.39 is 11.3 Å². The molecule has 5 nitrogen and oxygen atoms in total. The number of aromatic nitrogens is 2. The molecule has 1 aliphatic carbocycles. The number of nitrogens with one attached hydrogen (secondary N) is 1. The van der Waals surface area contributed by atoms with Crippen molar-refractivity contribution in [3.05, 3.63) is 92.9 Å². The van der Waals surface area contributed by atoms with Gasteiger partial charge in [0, 0.05) is 11.8 Å². The third-order valence-electron chi connectivity index (χ3n) is 4.94. The number of amides is 1. The first-order valence-electron chi connectivity index (χ1n) is 9.26. The quantitative estimate of drug-likeness (QED) is 0.710. The zero-order valence-electron chi connectivity index (χ0n) is 15.4. The van der Waals surface area contributed by atoms with Gasteiger partial charge in [-0.1, -0.05) is 54.1 Å². The molecule has 6 heteroatoms. The molecule has 1 heterocycles. The van der Waals surface area contributed by atoms with E-state index >= 15 is 0 Å². The van der Waals surface area contributed by atoms with E-state index in [2.05, 4.69) is 10.4 Å². The van der Waals surface area contributed by atoms with Crippen molar-refractivity contribution >= 4 is 17.5 Å². The molecule has 0 radical (unpaired) electrons. The van der Waals surface area contributed by atoms with Crippen LogP contribution in [0.3, 0.4) is 0 Å². The lowest BCUT2D eigenvalue weighted by molar-refractivity contribution is 0.0923. The van der Waals surface area contributed by atoms with Crippen LogP contribution in [0.5, 0.6) is 0 Å². The Labute approximate surface area is 168 Å². The Hall–Kier alpha value is -2.92. The molecule has 0 aliphatic heterocycles. The molecule has 1 saturated carbocycles. The van der Waals surface area contributed by atoms with Gasteiger partial charge < -0.3 is 5.32 Å². The second kappa shape index (κ2) is 7.60. The Bertz CT molecular complexity index is 1070. The van der Waals surface area contributed by atoms with Crippen LogP contribution in [0, 0.1) is 12.8 Å². The number of hydrogen-bond donors (Lipinski definition) is 1. The fraction of sp³-hybridized carbons (Fsp3) is 0.227. The maximum Gasteiger partial charge on any atom is 0.276 e. The predicted molar refractivity (Wildman–Crippen MR) is 109 cm³/mol. The lowest BCUT2D eigenvalue weighted by atomic mass is 10.0. The summed E-state index contributed by atoms with van der Waals surface area (Å²) < 4.78 is 1.54. The molecule has 1 amide bonds. The molecule has 1 fully saturated rings. The van der Waals surface area contributed by atoms with Gasteiger partial charge in [-0.05, 0) is 43.4 Å². The third kappa shape index (κ3) is 3.71. The van der Waals surface area contributed by atoms with Crippen LogP contribution >= 0.6 is 11.6 Å². The normalized spacial score (nSPS) is 14.5. The largest absolute Gasteiger partial charge is 0.343 e. The molecule has 1 N–H and O–H groups in total. The number of rotatable bonds is 5. The Morgan fingerprint density at radius 2 is 1.82 bits per heavy atom. The highest BCUT2D eigenvalue weighted by Gasteiger charge is 2.34. The maximum absolute atomic E-state index is 12.9. The van der Waals surface area contributed by atoms with Crippen LogP contribution in [0.4, 0.5) is 0 Å². The molecule has 1 atom stereocenters. The number of hydrogen-bond acceptors (Lipinski definition) is 3. The average Bonchev–Trinajstić information content (AvgIpc) is 3.53. The second-order valence-corrected chi connectivity index (χ2v) is 7.47. The summed E-state index contributed by atoms with van der Waals surface area (Å²) in [6.07, 6.45) is 2.12. The summed E-state index contributed by atoms with van der Waals surface area (Å²) in [6, 6.07) is 18.3. The summed E-state index contributed by atoms with van der Waals surface area (Å²) >= 11 is 6.28. The highest BCUT2D eigenvalue weighted by molar-refractivity contribution is 6.32. The lowest BCUT2D eigenvalue weighted by Gasteiger charge is -2.19. The van der Waals surface area contributed by atoms with Crippen LogP contribution in [0.25, 0.3) is 5.69 Å². The molecule has 0 spiro atoms. The van der Waals surface area contributed by atoms with Crippen LogP contribution in [0.15, 0.2) is 65.5 Å². The number of benzene rings is 2. The smallest absolute Gasteiger partial charge is 0.276 e. The van der Waals surface area contributed by atoms with Crippen molar-refractivity contribution in [1.82, 2.24) is 15.1 Å². The molecule has 4 rings (SSSR count). The molecule has 0 saturated heterocycles. The minimum absolute atomic E-state index is 0.120. The molecule has 142 valence electrons. The van der Waals surface area contributed by atoms with Crippen molar-refractivity contribution in [2.75, 3.05) is 0 Å². The number of nitrogens with zero attached hydrogens (tertiary/aromatic N) is 2. The van der Waals surface area contributed by atoms with Crippen molar-refractivity contribution < 1.29 is 4.79 Å². The standard InChI is InChI=1S/C22H20ClN3O2/c1-14-13-19(27)21(25-26(14)18-10-6-5-9-17(18)23)22(28)24-20(16-11-12-16)15-7-3-2-4-8-15/h2-10,13,16,20H,11-12H2,1H3,(H,24,28). The molecule has 1 aromatic heterocycles. The van der Waals surface area contributed by atoms with E-state index in [4.69, 9.17) is 11.6 Å². The molecule has 28 heavy (non-hydrogen) atoms. The van der Waals surface area contributed by atoms with Gasteiger partial charge in [0.25, 0.3) is 5.91 Å². The first-order valence-corrected chi connectivity index (χ1v) is 9.64. The van der Waals surface area contributed by atoms with Crippen LogP contribution in [0.2, 0.25) is 5.02 Å². The van der Waals surface area contributed by atoms with Gasteiger partial charge in [-0.2, -0.15) is 5.10 Å². The number of para-hydroxylation sites is 1. The summed E-state index contributed by atoms with van der Waals surface area (Å²) in [5.41, 5.74) is 1.74. The molecule has 0 bridgehead atoms. The van der Waals surface area contributed by atoms with E-state index in [0.717, 1.165) is 18.4 Å². The minimum Gasteiger partial charge on any atom is -0.343 e. The minimum atomic E-state index is -0.466. The Kier molecular flexibility index (Phi) is 5.01. The lowest BCUT2D eigenvalue weighted by Crippen LogP contribution is -2.35. The van der Waals surface area contributed by atoms with E-state index in [0.29, 0.717) is 22.3 Å². The van der Waals surface area contributed by atoms with E-state index in [-0.39, 0.29) is 11.7 Å². The van der Waals surface area contributed by atoms with E-state index in [1.807, 2.05) is 42.5 Å². The van der Waals surface area contributed by atoms with Crippen molar-refractivity contribution in [2.24, 2.45) is 5.92 Å². The van der Waals surface area contributed by atoms with Gasteiger partial charge >= 0.3 is 0 Å². The van der Waals surface area contributed by atoms with Crippen molar-refractivity contribution in [2.45, 2.75) is 25.8 Å². The monoisotopic (exact) mass is 393 g/mol. The maximum atomic E-state index is 12.9. The first-order chi connectivity index (χ1) is 13.5. The third-order valence-corrected chi connectivity index (χ3v) is 5.26. The molecule has 3 aromatic rings. The van der Waals surface area contributed by atoms with E-state index in [1.165, 1.54) is 10.7 Å². The van der Waals surface area contributed by atoms with Gasteiger partial charge in [-0.3, -0.25) is 9.59 Å². The number of aryl methyl sites for hydroxylation is 1. The predicted octanol–water partition coefficient (Wildman–Crippen LogP) is 4.08. The summed E-state index contributed by atoms with van der Waals surface area (Å²) in [4.78, 5) is 25.4. The number of carbonyl (C=O) groups is 1. The van der Waals surface area contributed by atoms with Gasteiger partial charge in [-0.15, -0.1) is 0 Å². The summed E-state index contributed by atoms with van der Waals surface area (Å²) in [5, 5.41) is 7.85. The Balaban J connectivity index is 1.69. The molecular formula is C22H20ClN3O2. The second-order valence-electron chi connectivity index (χ2n) is 7.06.